The summed E-state index contributed by atoms with van der Waals surface area (Å²) in [5.74, 6) is 0.0672. The van der Waals surface area contributed by atoms with Crippen LogP contribution in [0.4, 0.5) is 0 Å². The number of benzene rings is 1. The van der Waals surface area contributed by atoms with Crippen LogP contribution < -0.4 is 0 Å². The topological polar surface area (TPSA) is 32.8 Å². The molecule has 1 amide bonds. The van der Waals surface area contributed by atoms with E-state index in [9.17, 15) is 4.79 Å². The van der Waals surface area contributed by atoms with Crippen LogP contribution in [0.15, 0.2) is 36.9 Å². The molecule has 118 valence electrons. The second-order valence-electron chi connectivity index (χ2n) is 5.89. The highest BCUT2D eigenvalue weighted by atomic mass is 35.5. The number of hydrogen-bond acceptors (Lipinski definition) is 3. The summed E-state index contributed by atoms with van der Waals surface area (Å²) in [5.41, 5.74) is 0.665. The van der Waals surface area contributed by atoms with Gasteiger partial charge in [-0.3, -0.25) is 9.69 Å². The van der Waals surface area contributed by atoms with E-state index < -0.39 is 0 Å². The van der Waals surface area contributed by atoms with Gasteiger partial charge >= 0.3 is 0 Å². The molecule has 22 heavy (non-hydrogen) atoms. The number of hydrogen-bond donors (Lipinski definition) is 0. The molecule has 0 aromatic heterocycles. The average Bonchev–Trinajstić information content (AvgIpc) is 2.94. The van der Waals surface area contributed by atoms with E-state index in [1.54, 1.807) is 18.2 Å². The predicted molar refractivity (Wildman–Crippen MR) is 87.3 cm³/mol. The number of rotatable bonds is 4. The van der Waals surface area contributed by atoms with Crippen molar-refractivity contribution in [2.75, 3.05) is 32.8 Å². The Bertz CT molecular complexity index is 563. The number of fused-ring (bicyclic) bond motifs is 1. The lowest BCUT2D eigenvalue weighted by Crippen LogP contribution is -2.52. The molecule has 1 aromatic carbocycles. The van der Waals surface area contributed by atoms with E-state index in [1.165, 1.54) is 0 Å². The lowest BCUT2D eigenvalue weighted by molar-refractivity contribution is 0.0561. The van der Waals surface area contributed by atoms with Gasteiger partial charge in [0.2, 0.25) is 0 Å². The van der Waals surface area contributed by atoms with E-state index in [1.807, 2.05) is 17.0 Å². The summed E-state index contributed by atoms with van der Waals surface area (Å²) in [4.78, 5) is 17.0. The van der Waals surface area contributed by atoms with E-state index >= 15 is 0 Å². The Morgan fingerprint density at radius 1 is 1.41 bits per heavy atom. The summed E-state index contributed by atoms with van der Waals surface area (Å²) in [6.07, 6.45) is 3.02. The highest BCUT2D eigenvalue weighted by Crippen LogP contribution is 2.25. The zero-order valence-electron chi connectivity index (χ0n) is 12.6. The van der Waals surface area contributed by atoms with Crippen LogP contribution in [0.2, 0.25) is 5.02 Å². The van der Waals surface area contributed by atoms with Crippen LogP contribution in [-0.4, -0.2) is 60.6 Å². The molecule has 2 aliphatic heterocycles. The zero-order valence-corrected chi connectivity index (χ0v) is 13.3. The lowest BCUT2D eigenvalue weighted by Gasteiger charge is -2.37. The number of carbonyl (C=O) groups excluding carboxylic acids is 1. The van der Waals surface area contributed by atoms with Crippen LogP contribution in [0, 0.1) is 0 Å². The molecule has 2 atom stereocenters. The van der Waals surface area contributed by atoms with Crippen LogP contribution >= 0.6 is 11.6 Å². The Hall–Kier alpha value is -1.36. The number of piperazine rings is 1. The maximum Gasteiger partial charge on any atom is 0.254 e. The van der Waals surface area contributed by atoms with Gasteiger partial charge in [-0.1, -0.05) is 23.7 Å². The number of ether oxygens (including phenoxy) is 1. The highest BCUT2D eigenvalue weighted by Gasteiger charge is 2.37. The molecule has 2 heterocycles. The van der Waals surface area contributed by atoms with Crippen molar-refractivity contribution in [3.8, 4) is 0 Å². The predicted octanol–water partition coefficient (Wildman–Crippen LogP) is 2.44. The highest BCUT2D eigenvalue weighted by molar-refractivity contribution is 6.30. The quantitative estimate of drug-likeness (QED) is 0.799. The monoisotopic (exact) mass is 320 g/mol. The largest absolute Gasteiger partial charge is 0.373 e. The normalized spacial score (nSPS) is 25.0. The first kappa shape index (κ1) is 15.5. The third-order valence-corrected chi connectivity index (χ3v) is 4.62. The second-order valence-corrected chi connectivity index (χ2v) is 6.33. The summed E-state index contributed by atoms with van der Waals surface area (Å²) >= 11 is 5.98. The Morgan fingerprint density at radius 3 is 3.05 bits per heavy atom. The van der Waals surface area contributed by atoms with E-state index in [2.05, 4.69) is 11.5 Å². The molecule has 1 aromatic rings. The number of nitrogens with zero attached hydrogens (tertiary/aromatic N) is 2. The van der Waals surface area contributed by atoms with E-state index in [-0.39, 0.29) is 12.0 Å². The van der Waals surface area contributed by atoms with Gasteiger partial charge in [-0.05, 0) is 24.6 Å². The van der Waals surface area contributed by atoms with Crippen molar-refractivity contribution in [1.29, 1.82) is 0 Å². The fourth-order valence-electron chi connectivity index (χ4n) is 3.31. The molecule has 5 heteroatoms. The second kappa shape index (κ2) is 6.82. The summed E-state index contributed by atoms with van der Waals surface area (Å²) in [5, 5.41) is 0.600. The van der Waals surface area contributed by atoms with Gasteiger partial charge in [-0.2, -0.15) is 0 Å². The third kappa shape index (κ3) is 3.35. The van der Waals surface area contributed by atoms with Crippen LogP contribution in [0.1, 0.15) is 16.8 Å². The first-order chi connectivity index (χ1) is 10.7. The van der Waals surface area contributed by atoms with Crippen molar-refractivity contribution in [3.05, 3.63) is 47.5 Å². The summed E-state index contributed by atoms with van der Waals surface area (Å²) < 4.78 is 5.76. The standard InChI is InChI=1S/C17H21ClN2O2/c1-2-8-22-16-10-15-11-20(7-6-19(15)12-16)17(21)13-4-3-5-14(18)9-13/h2-5,9,15-16H,1,6-8,10-12H2/t15-,16+/m0/s1. The minimum Gasteiger partial charge on any atom is -0.373 e. The van der Waals surface area contributed by atoms with Gasteiger partial charge in [0.25, 0.3) is 5.91 Å². The van der Waals surface area contributed by atoms with Crippen LogP contribution in [0.25, 0.3) is 0 Å². The summed E-state index contributed by atoms with van der Waals surface area (Å²) in [6.45, 7) is 7.67. The minimum atomic E-state index is 0.0672. The molecule has 2 fully saturated rings. The first-order valence-electron chi connectivity index (χ1n) is 7.69. The van der Waals surface area contributed by atoms with Crippen molar-refractivity contribution < 1.29 is 9.53 Å². The van der Waals surface area contributed by atoms with E-state index in [0.717, 1.165) is 32.6 Å². The molecule has 2 aliphatic rings. The van der Waals surface area contributed by atoms with Crippen molar-refractivity contribution >= 4 is 17.5 Å². The number of halogens is 1. The van der Waals surface area contributed by atoms with Crippen molar-refractivity contribution in [2.45, 2.75) is 18.6 Å². The maximum absolute atomic E-state index is 12.6. The van der Waals surface area contributed by atoms with Gasteiger partial charge in [0, 0.05) is 42.8 Å². The summed E-state index contributed by atoms with van der Waals surface area (Å²) in [6, 6.07) is 7.56. The molecule has 0 aliphatic carbocycles. The maximum atomic E-state index is 12.6. The van der Waals surface area contributed by atoms with Crippen LogP contribution in [-0.2, 0) is 4.74 Å². The van der Waals surface area contributed by atoms with Crippen molar-refractivity contribution in [2.24, 2.45) is 0 Å². The molecule has 0 unspecified atom stereocenters. The third-order valence-electron chi connectivity index (χ3n) is 4.39. The Kier molecular flexibility index (Phi) is 4.81. The van der Waals surface area contributed by atoms with Crippen LogP contribution in [0.5, 0.6) is 0 Å². The van der Waals surface area contributed by atoms with E-state index in [0.29, 0.717) is 23.2 Å². The smallest absolute Gasteiger partial charge is 0.254 e. The molecule has 0 bridgehead atoms. The molecule has 0 N–H and O–H groups in total. The molecule has 0 saturated carbocycles. The first-order valence-corrected chi connectivity index (χ1v) is 8.06. The van der Waals surface area contributed by atoms with Crippen molar-refractivity contribution in [1.82, 2.24) is 9.80 Å². The SMILES string of the molecule is C=CCO[C@@H]1C[C@H]2CN(C(=O)c3cccc(Cl)c3)CCN2C1. The van der Waals surface area contributed by atoms with Gasteiger partial charge in [-0.25, -0.2) is 0 Å². The Morgan fingerprint density at radius 2 is 2.27 bits per heavy atom. The zero-order chi connectivity index (χ0) is 15.5. The lowest BCUT2D eigenvalue weighted by atomic mass is 10.1. The van der Waals surface area contributed by atoms with E-state index in [4.69, 9.17) is 16.3 Å². The molecular formula is C17H21ClN2O2. The minimum absolute atomic E-state index is 0.0672. The molecule has 3 rings (SSSR count). The molecule has 4 nitrogen and oxygen atoms in total. The average molecular weight is 321 g/mol. The number of amides is 1. The van der Waals surface area contributed by atoms with Gasteiger partial charge in [-0.15, -0.1) is 6.58 Å². The Labute approximate surface area is 136 Å². The molecule has 0 spiro atoms. The fourth-order valence-corrected chi connectivity index (χ4v) is 3.50. The Balaban J connectivity index is 1.62. The molecular weight excluding hydrogens is 300 g/mol. The molecule has 0 radical (unpaired) electrons. The number of carbonyl (C=O) groups is 1. The summed E-state index contributed by atoms with van der Waals surface area (Å²) in [7, 11) is 0. The van der Waals surface area contributed by atoms with Gasteiger partial charge < -0.3 is 9.64 Å². The van der Waals surface area contributed by atoms with Gasteiger partial charge in [0.15, 0.2) is 0 Å². The fraction of sp³-hybridized carbons (Fsp3) is 0.471. The van der Waals surface area contributed by atoms with Gasteiger partial charge in [0.1, 0.15) is 0 Å². The van der Waals surface area contributed by atoms with Crippen molar-refractivity contribution in [3.63, 3.8) is 0 Å². The molecule has 2 saturated heterocycles. The van der Waals surface area contributed by atoms with Gasteiger partial charge in [0.05, 0.1) is 12.7 Å². The van der Waals surface area contributed by atoms with Crippen LogP contribution in [0.3, 0.4) is 0 Å².